The minimum Gasteiger partial charge on any atom is -0.387 e. The Kier molecular flexibility index (Phi) is 5.20. The van der Waals surface area contributed by atoms with Crippen molar-refractivity contribution in [3.05, 3.63) is 45.4 Å². The fourth-order valence-electron chi connectivity index (χ4n) is 3.99. The molecule has 0 saturated heterocycles. The van der Waals surface area contributed by atoms with E-state index in [-0.39, 0.29) is 17.5 Å². The minimum atomic E-state index is -4.51. The number of benzene rings is 1. The summed E-state index contributed by atoms with van der Waals surface area (Å²) >= 11 is 10.9. The number of aliphatic hydroxyl groups is 1. The second-order valence-electron chi connectivity index (χ2n) is 7.82. The number of halogens is 4. The zero-order valence-corrected chi connectivity index (χ0v) is 16.5. The van der Waals surface area contributed by atoms with Crippen molar-refractivity contribution in [1.29, 1.82) is 0 Å². The fourth-order valence-corrected chi connectivity index (χ4v) is 4.39. The van der Waals surface area contributed by atoms with E-state index in [2.05, 4.69) is 10.1 Å². The van der Waals surface area contributed by atoms with Gasteiger partial charge in [-0.1, -0.05) is 31.5 Å². The van der Waals surface area contributed by atoms with Gasteiger partial charge in [-0.25, -0.2) is 4.98 Å². The number of alkyl halides is 3. The highest BCUT2D eigenvalue weighted by Crippen LogP contribution is 2.51. The second-order valence-corrected chi connectivity index (χ2v) is 8.59. The lowest BCUT2D eigenvalue weighted by Crippen LogP contribution is -2.49. The lowest BCUT2D eigenvalue weighted by Gasteiger charge is -2.41. The number of H-pyrrole nitrogens is 1. The molecule has 27 heavy (non-hydrogen) atoms. The van der Waals surface area contributed by atoms with Crippen molar-refractivity contribution < 1.29 is 18.3 Å². The molecule has 2 aromatic rings. The minimum absolute atomic E-state index is 0.212. The van der Waals surface area contributed by atoms with Gasteiger partial charge in [-0.3, -0.25) is 9.78 Å². The van der Waals surface area contributed by atoms with Crippen molar-refractivity contribution in [2.45, 2.75) is 51.4 Å². The van der Waals surface area contributed by atoms with Crippen LogP contribution in [0.4, 0.5) is 13.2 Å². The van der Waals surface area contributed by atoms with Gasteiger partial charge < -0.3 is 5.11 Å². The third-order valence-electron chi connectivity index (χ3n) is 5.80. The zero-order valence-electron chi connectivity index (χ0n) is 15.0. The van der Waals surface area contributed by atoms with Gasteiger partial charge >= 0.3 is 6.18 Å². The molecule has 1 saturated carbocycles. The van der Waals surface area contributed by atoms with Crippen LogP contribution in [0.3, 0.4) is 0 Å². The van der Waals surface area contributed by atoms with E-state index in [1.807, 2.05) is 13.8 Å². The Morgan fingerprint density at radius 2 is 2.11 bits per heavy atom. The van der Waals surface area contributed by atoms with Gasteiger partial charge in [0.15, 0.2) is 0 Å². The smallest absolute Gasteiger partial charge is 0.387 e. The van der Waals surface area contributed by atoms with Gasteiger partial charge in [0.1, 0.15) is 6.33 Å². The van der Waals surface area contributed by atoms with Crippen LogP contribution in [0.5, 0.6) is 0 Å². The predicted molar refractivity (Wildman–Crippen MR) is 99.0 cm³/mol. The van der Waals surface area contributed by atoms with Crippen LogP contribution in [0.2, 0.25) is 5.02 Å². The van der Waals surface area contributed by atoms with E-state index in [0.29, 0.717) is 23.2 Å². The second kappa shape index (κ2) is 6.90. The van der Waals surface area contributed by atoms with Crippen molar-refractivity contribution in [3.8, 4) is 0 Å². The Bertz CT molecular complexity index is 892. The molecule has 2 unspecified atom stereocenters. The lowest BCUT2D eigenvalue weighted by molar-refractivity contribution is -0.137. The van der Waals surface area contributed by atoms with Crippen LogP contribution < -0.4 is 0 Å². The molecular formula is C18H21ClF3N3OS. The van der Waals surface area contributed by atoms with Crippen molar-refractivity contribution in [2.75, 3.05) is 0 Å². The average molecular weight is 420 g/mol. The first-order chi connectivity index (χ1) is 12.4. The first-order valence-electron chi connectivity index (χ1n) is 8.62. The third-order valence-corrected chi connectivity index (χ3v) is 6.46. The van der Waals surface area contributed by atoms with Crippen LogP contribution in [0, 0.1) is 16.1 Å². The van der Waals surface area contributed by atoms with Gasteiger partial charge in [-0.2, -0.15) is 13.2 Å². The summed E-state index contributed by atoms with van der Waals surface area (Å²) in [6.07, 6.45) is -1.27. The van der Waals surface area contributed by atoms with Gasteiger partial charge in [-0.15, -0.1) is 0 Å². The van der Waals surface area contributed by atoms with E-state index in [9.17, 15) is 18.3 Å². The Balaban J connectivity index is 1.92. The molecule has 2 atom stereocenters. The van der Waals surface area contributed by atoms with E-state index in [1.165, 1.54) is 12.4 Å². The topological polar surface area (TPSA) is 53.8 Å². The zero-order chi connectivity index (χ0) is 20.0. The molecule has 4 nitrogen and oxygen atoms in total. The predicted octanol–water partition coefficient (Wildman–Crippen LogP) is 5.02. The molecule has 148 valence electrons. The van der Waals surface area contributed by atoms with E-state index in [4.69, 9.17) is 23.8 Å². The summed E-state index contributed by atoms with van der Waals surface area (Å²) in [7, 11) is 0. The van der Waals surface area contributed by atoms with Gasteiger partial charge in [-0.05, 0) is 60.5 Å². The molecule has 0 bridgehead atoms. The third kappa shape index (κ3) is 3.79. The molecule has 3 rings (SSSR count). The normalized spacial score (nSPS) is 25.1. The van der Waals surface area contributed by atoms with Crippen molar-refractivity contribution in [3.63, 3.8) is 0 Å². The summed E-state index contributed by atoms with van der Waals surface area (Å²) in [6.45, 7) is 4.15. The van der Waals surface area contributed by atoms with Crippen molar-refractivity contribution in [2.24, 2.45) is 11.3 Å². The molecule has 9 heteroatoms. The van der Waals surface area contributed by atoms with Crippen LogP contribution in [-0.2, 0) is 19.1 Å². The molecular weight excluding hydrogens is 399 g/mol. The molecule has 1 aliphatic carbocycles. The van der Waals surface area contributed by atoms with Crippen LogP contribution in [-0.4, -0.2) is 25.5 Å². The first kappa shape index (κ1) is 20.4. The summed E-state index contributed by atoms with van der Waals surface area (Å²) in [5.74, 6) is -0.222. The Hall–Kier alpha value is -1.38. The van der Waals surface area contributed by atoms with E-state index >= 15 is 0 Å². The van der Waals surface area contributed by atoms with Gasteiger partial charge in [0, 0.05) is 0 Å². The molecule has 0 spiro atoms. The molecule has 0 aliphatic heterocycles. The molecule has 2 N–H and O–H groups in total. The number of aromatic nitrogens is 3. The summed E-state index contributed by atoms with van der Waals surface area (Å²) in [4.78, 5) is 3.97. The largest absolute Gasteiger partial charge is 0.417 e. The summed E-state index contributed by atoms with van der Waals surface area (Å²) in [6, 6.07) is 3.94. The van der Waals surface area contributed by atoms with Crippen LogP contribution in [0.1, 0.15) is 37.8 Å². The number of rotatable bonds is 4. The Morgan fingerprint density at radius 1 is 1.41 bits per heavy atom. The maximum Gasteiger partial charge on any atom is 0.417 e. The fraction of sp³-hybridized carbons (Fsp3) is 0.556. The lowest BCUT2D eigenvalue weighted by atomic mass is 9.72. The molecule has 1 aromatic carbocycles. The Morgan fingerprint density at radius 3 is 2.70 bits per heavy atom. The number of nitrogens with one attached hydrogen (secondary N) is 1. The monoisotopic (exact) mass is 419 g/mol. The number of hydrogen-bond donors (Lipinski definition) is 2. The molecule has 0 radical (unpaired) electrons. The molecule has 1 heterocycles. The standard InChI is InChI=1S/C18H21ClF3N3OS/c1-16(2)6-5-12(17(16,26)9-25-15(27)23-10-24-25)7-11-3-4-14(19)13(8-11)18(20,21)22/h3-4,8,10,12,26H,5-7,9H2,1-2H3,(H,23,24,27). The first-order valence-corrected chi connectivity index (χ1v) is 9.41. The quantitative estimate of drug-likeness (QED) is 0.684. The van der Waals surface area contributed by atoms with E-state index < -0.39 is 22.8 Å². The van der Waals surface area contributed by atoms with E-state index in [1.54, 1.807) is 10.7 Å². The maximum atomic E-state index is 13.2. The summed E-state index contributed by atoms with van der Waals surface area (Å²) < 4.78 is 41.4. The van der Waals surface area contributed by atoms with Crippen LogP contribution >= 0.6 is 23.8 Å². The number of hydrogen-bond acceptors (Lipinski definition) is 3. The van der Waals surface area contributed by atoms with Gasteiger partial charge in [0.05, 0.1) is 22.7 Å². The number of aromatic amines is 1. The van der Waals surface area contributed by atoms with Gasteiger partial charge in [0.2, 0.25) is 4.77 Å². The van der Waals surface area contributed by atoms with E-state index in [0.717, 1.165) is 12.5 Å². The summed E-state index contributed by atoms with van der Waals surface area (Å²) in [5, 5.41) is 14.1. The average Bonchev–Trinajstić information content (AvgIpc) is 3.04. The molecule has 1 fully saturated rings. The highest BCUT2D eigenvalue weighted by atomic mass is 35.5. The number of nitrogens with zero attached hydrogens (tertiary/aromatic N) is 2. The molecule has 1 aromatic heterocycles. The van der Waals surface area contributed by atoms with Crippen molar-refractivity contribution in [1.82, 2.24) is 14.8 Å². The van der Waals surface area contributed by atoms with Gasteiger partial charge in [0.25, 0.3) is 0 Å². The Labute approximate surface area is 165 Å². The summed E-state index contributed by atoms with van der Waals surface area (Å²) in [5.41, 5.74) is -1.91. The molecule has 1 aliphatic rings. The maximum absolute atomic E-state index is 13.2. The van der Waals surface area contributed by atoms with Crippen LogP contribution in [0.25, 0.3) is 0 Å². The van der Waals surface area contributed by atoms with Crippen LogP contribution in [0.15, 0.2) is 24.5 Å². The highest BCUT2D eigenvalue weighted by Gasteiger charge is 2.54. The SMILES string of the molecule is CC1(C)CCC(Cc2ccc(Cl)c(C(F)(F)F)c2)C1(O)Cn1[nH]cnc1=S. The van der Waals surface area contributed by atoms with Crippen molar-refractivity contribution >= 4 is 23.8 Å². The highest BCUT2D eigenvalue weighted by molar-refractivity contribution is 7.71. The molecule has 0 amide bonds.